The van der Waals surface area contributed by atoms with Gasteiger partial charge in [0.15, 0.2) is 0 Å². The van der Waals surface area contributed by atoms with Gasteiger partial charge in [-0.1, -0.05) is 13.0 Å². The van der Waals surface area contributed by atoms with Crippen molar-refractivity contribution in [3.63, 3.8) is 0 Å². The summed E-state index contributed by atoms with van der Waals surface area (Å²) >= 11 is 0. The van der Waals surface area contributed by atoms with Gasteiger partial charge in [0, 0.05) is 17.4 Å². The van der Waals surface area contributed by atoms with Crippen LogP contribution in [-0.4, -0.2) is 19.6 Å². The molecule has 1 aromatic carbocycles. The van der Waals surface area contributed by atoms with Crippen LogP contribution in [0.3, 0.4) is 0 Å². The summed E-state index contributed by atoms with van der Waals surface area (Å²) in [5, 5.41) is 7.23. The molecule has 19 heavy (non-hydrogen) atoms. The molecule has 0 atom stereocenters. The molecule has 0 saturated heterocycles. The van der Waals surface area contributed by atoms with E-state index in [4.69, 9.17) is 0 Å². The summed E-state index contributed by atoms with van der Waals surface area (Å²) in [4.78, 5) is 8.42. The lowest BCUT2D eigenvalue weighted by Gasteiger charge is -2.09. The highest BCUT2D eigenvalue weighted by Crippen LogP contribution is 2.18. The number of rotatable bonds is 3. The van der Waals surface area contributed by atoms with Crippen molar-refractivity contribution in [3.05, 3.63) is 48.2 Å². The lowest BCUT2D eigenvalue weighted by Crippen LogP contribution is -2.03. The predicted molar refractivity (Wildman–Crippen MR) is 69.8 cm³/mol. The highest BCUT2D eigenvalue weighted by atomic mass is 19.1. The van der Waals surface area contributed by atoms with Gasteiger partial charge in [-0.05, 0) is 24.6 Å². The largest absolute Gasteiger partial charge is 0.340 e. The monoisotopic (exact) mass is 257 g/mol. The second kappa shape index (κ2) is 4.64. The Hall–Kier alpha value is -2.50. The predicted octanol–water partition coefficient (Wildman–Crippen LogP) is 2.57. The summed E-state index contributed by atoms with van der Waals surface area (Å²) in [6.07, 6.45) is 2.24. The van der Waals surface area contributed by atoms with Crippen molar-refractivity contribution in [1.29, 1.82) is 0 Å². The summed E-state index contributed by atoms with van der Waals surface area (Å²) < 4.78 is 14.8. The van der Waals surface area contributed by atoms with Gasteiger partial charge in [-0.2, -0.15) is 14.6 Å². The van der Waals surface area contributed by atoms with Gasteiger partial charge in [-0.3, -0.25) is 0 Å². The van der Waals surface area contributed by atoms with Crippen LogP contribution in [0, 0.1) is 5.82 Å². The van der Waals surface area contributed by atoms with E-state index in [1.165, 1.54) is 18.5 Å². The second-order valence-corrected chi connectivity index (χ2v) is 4.09. The van der Waals surface area contributed by atoms with Crippen LogP contribution in [0.4, 0.5) is 15.9 Å². The van der Waals surface area contributed by atoms with Crippen LogP contribution in [0.15, 0.2) is 36.7 Å². The molecule has 96 valence electrons. The van der Waals surface area contributed by atoms with Gasteiger partial charge < -0.3 is 5.32 Å². The average molecular weight is 257 g/mol. The number of anilines is 2. The Morgan fingerprint density at radius 1 is 1.32 bits per heavy atom. The van der Waals surface area contributed by atoms with Crippen molar-refractivity contribution >= 4 is 17.3 Å². The van der Waals surface area contributed by atoms with Crippen molar-refractivity contribution in [1.82, 2.24) is 19.6 Å². The fraction of sp³-hybridized carbons (Fsp3) is 0.154. The highest BCUT2D eigenvalue weighted by molar-refractivity contribution is 5.58. The molecular formula is C13H12FN5. The second-order valence-electron chi connectivity index (χ2n) is 4.09. The van der Waals surface area contributed by atoms with Crippen molar-refractivity contribution in [2.24, 2.45) is 0 Å². The van der Waals surface area contributed by atoms with E-state index in [2.05, 4.69) is 20.4 Å². The van der Waals surface area contributed by atoms with Crippen molar-refractivity contribution in [3.8, 4) is 0 Å². The minimum absolute atomic E-state index is 0.287. The number of aryl methyl sites for hydroxylation is 1. The van der Waals surface area contributed by atoms with Gasteiger partial charge >= 0.3 is 0 Å². The smallest absolute Gasteiger partial charge is 0.254 e. The summed E-state index contributed by atoms with van der Waals surface area (Å²) in [6.45, 7) is 2.02. The fourth-order valence-corrected chi connectivity index (χ4v) is 1.85. The van der Waals surface area contributed by atoms with Crippen LogP contribution in [0.1, 0.15) is 12.6 Å². The zero-order valence-corrected chi connectivity index (χ0v) is 10.3. The molecule has 0 unspecified atom stereocenters. The molecule has 0 spiro atoms. The Bertz CT molecular complexity index is 722. The molecule has 0 fully saturated rings. The average Bonchev–Trinajstić information content (AvgIpc) is 2.87. The van der Waals surface area contributed by atoms with Crippen molar-refractivity contribution in [2.45, 2.75) is 13.3 Å². The standard InChI is InChI=1S/C13H12FN5/c1-2-10-7-12(19-13(18-10)15-8-16-19)17-11-5-3-4-9(14)6-11/h3-8,17H,2H2,1H3. The molecule has 0 amide bonds. The maximum atomic E-state index is 13.2. The Balaban J connectivity index is 2.06. The van der Waals surface area contributed by atoms with Gasteiger partial charge in [-0.25, -0.2) is 9.37 Å². The Morgan fingerprint density at radius 3 is 3.00 bits per heavy atom. The first kappa shape index (κ1) is 11.6. The number of halogens is 1. The molecule has 0 aliphatic rings. The highest BCUT2D eigenvalue weighted by Gasteiger charge is 2.07. The molecule has 0 aliphatic heterocycles. The third-order valence-electron chi connectivity index (χ3n) is 2.76. The van der Waals surface area contributed by atoms with Gasteiger partial charge in [0.05, 0.1) is 0 Å². The zero-order valence-electron chi connectivity index (χ0n) is 10.3. The molecule has 0 bridgehead atoms. The molecule has 2 aromatic heterocycles. The first-order valence-electron chi connectivity index (χ1n) is 5.98. The van der Waals surface area contributed by atoms with E-state index in [1.807, 2.05) is 13.0 Å². The molecule has 5 nitrogen and oxygen atoms in total. The molecule has 0 saturated carbocycles. The first-order chi connectivity index (χ1) is 9.26. The van der Waals surface area contributed by atoms with Crippen molar-refractivity contribution < 1.29 is 4.39 Å². The molecule has 0 radical (unpaired) electrons. The van der Waals surface area contributed by atoms with E-state index < -0.39 is 0 Å². The Labute approximate surface area is 109 Å². The van der Waals surface area contributed by atoms with Gasteiger partial charge in [0.2, 0.25) is 0 Å². The van der Waals surface area contributed by atoms with E-state index in [0.717, 1.165) is 12.1 Å². The number of fused-ring (bicyclic) bond motifs is 1. The van der Waals surface area contributed by atoms with E-state index in [1.54, 1.807) is 16.6 Å². The molecule has 1 N–H and O–H groups in total. The van der Waals surface area contributed by atoms with Crippen LogP contribution in [0.25, 0.3) is 5.78 Å². The number of benzene rings is 1. The maximum Gasteiger partial charge on any atom is 0.254 e. The van der Waals surface area contributed by atoms with Gasteiger partial charge in [0.25, 0.3) is 5.78 Å². The number of hydrogen-bond donors (Lipinski definition) is 1. The normalized spacial score (nSPS) is 10.8. The van der Waals surface area contributed by atoms with Crippen LogP contribution in [0.5, 0.6) is 0 Å². The third-order valence-corrected chi connectivity index (χ3v) is 2.76. The lowest BCUT2D eigenvalue weighted by molar-refractivity contribution is 0.628. The molecule has 3 rings (SSSR count). The van der Waals surface area contributed by atoms with Gasteiger partial charge in [0.1, 0.15) is 18.0 Å². The fourth-order valence-electron chi connectivity index (χ4n) is 1.85. The maximum absolute atomic E-state index is 13.2. The Morgan fingerprint density at radius 2 is 2.21 bits per heavy atom. The topological polar surface area (TPSA) is 55.1 Å². The van der Waals surface area contributed by atoms with Crippen LogP contribution in [-0.2, 0) is 6.42 Å². The molecule has 2 heterocycles. The minimum Gasteiger partial charge on any atom is -0.340 e. The number of nitrogens with one attached hydrogen (secondary N) is 1. The first-order valence-corrected chi connectivity index (χ1v) is 5.98. The van der Waals surface area contributed by atoms with E-state index in [9.17, 15) is 4.39 Å². The number of nitrogens with zero attached hydrogens (tertiary/aromatic N) is 4. The summed E-state index contributed by atoms with van der Waals surface area (Å²) in [5.41, 5.74) is 1.56. The van der Waals surface area contributed by atoms with Crippen LogP contribution < -0.4 is 5.32 Å². The number of aromatic nitrogens is 4. The summed E-state index contributed by atoms with van der Waals surface area (Å²) in [7, 11) is 0. The molecule has 6 heteroatoms. The van der Waals surface area contributed by atoms with Crippen LogP contribution >= 0.6 is 0 Å². The van der Waals surface area contributed by atoms with E-state index in [-0.39, 0.29) is 5.82 Å². The minimum atomic E-state index is -0.287. The SMILES string of the molecule is CCc1cc(Nc2cccc(F)c2)n2ncnc2n1. The molecule has 0 aliphatic carbocycles. The summed E-state index contributed by atoms with van der Waals surface area (Å²) in [5.74, 6) is 0.952. The third kappa shape index (κ3) is 2.24. The van der Waals surface area contributed by atoms with E-state index >= 15 is 0 Å². The van der Waals surface area contributed by atoms with Crippen LogP contribution in [0.2, 0.25) is 0 Å². The zero-order chi connectivity index (χ0) is 13.2. The summed E-state index contributed by atoms with van der Waals surface area (Å²) in [6, 6.07) is 8.15. The van der Waals surface area contributed by atoms with Gasteiger partial charge in [-0.15, -0.1) is 0 Å². The quantitative estimate of drug-likeness (QED) is 0.783. The van der Waals surface area contributed by atoms with E-state index in [0.29, 0.717) is 17.3 Å². The Kier molecular flexibility index (Phi) is 2.83. The number of hydrogen-bond acceptors (Lipinski definition) is 4. The molecular weight excluding hydrogens is 245 g/mol. The lowest BCUT2D eigenvalue weighted by atomic mass is 10.3. The molecule has 3 aromatic rings. The van der Waals surface area contributed by atoms with Crippen molar-refractivity contribution in [2.75, 3.05) is 5.32 Å².